The van der Waals surface area contributed by atoms with Crippen molar-refractivity contribution in [2.75, 3.05) is 6.61 Å². The second-order valence-electron chi connectivity index (χ2n) is 5.44. The first-order chi connectivity index (χ1) is 12.2. The van der Waals surface area contributed by atoms with E-state index in [2.05, 4.69) is 26.0 Å². The largest absolute Gasteiger partial charge is 0.394 e. The summed E-state index contributed by atoms with van der Waals surface area (Å²) in [4.78, 5) is 24.5. The van der Waals surface area contributed by atoms with Crippen LogP contribution in [0.15, 0.2) is 48.5 Å². The van der Waals surface area contributed by atoms with Gasteiger partial charge >= 0.3 is 0 Å². The summed E-state index contributed by atoms with van der Waals surface area (Å²) in [5.74, 6) is -0.930. The third-order valence-corrected chi connectivity index (χ3v) is 3.69. The van der Waals surface area contributed by atoms with Crippen molar-refractivity contribution in [2.45, 2.75) is 12.6 Å². The summed E-state index contributed by atoms with van der Waals surface area (Å²) >= 11 is 0. The normalized spacial score (nSPS) is 11.9. The zero-order chi connectivity index (χ0) is 17.6. The molecule has 2 aromatic carbocycles. The van der Waals surface area contributed by atoms with Gasteiger partial charge in [-0.25, -0.2) is 0 Å². The van der Waals surface area contributed by atoms with Crippen LogP contribution in [0.4, 0.5) is 0 Å². The predicted molar refractivity (Wildman–Crippen MR) is 90.5 cm³/mol. The number of rotatable bonds is 6. The monoisotopic (exact) mass is 339 g/mol. The highest BCUT2D eigenvalue weighted by molar-refractivity contribution is 5.99. The molecule has 0 bridgehead atoms. The highest BCUT2D eigenvalue weighted by atomic mass is 16.3. The quantitative estimate of drug-likeness (QED) is 0.517. The summed E-state index contributed by atoms with van der Waals surface area (Å²) in [5.41, 5.74) is 2.43. The van der Waals surface area contributed by atoms with Crippen molar-refractivity contribution >= 4 is 22.8 Å². The number of aromatic nitrogens is 3. The van der Waals surface area contributed by atoms with E-state index >= 15 is 0 Å². The van der Waals surface area contributed by atoms with E-state index in [0.717, 1.165) is 5.56 Å². The van der Waals surface area contributed by atoms with Gasteiger partial charge in [-0.15, -0.1) is 0 Å². The summed E-state index contributed by atoms with van der Waals surface area (Å²) in [5, 5.41) is 24.9. The molecule has 8 nitrogen and oxygen atoms in total. The molecular formula is C17H17N5O3. The van der Waals surface area contributed by atoms with Gasteiger partial charge in [0.15, 0.2) is 0 Å². The molecule has 0 saturated heterocycles. The number of benzene rings is 2. The summed E-state index contributed by atoms with van der Waals surface area (Å²) in [6, 6.07) is 13.1. The van der Waals surface area contributed by atoms with Gasteiger partial charge < -0.3 is 15.7 Å². The Morgan fingerprint density at radius 2 is 1.84 bits per heavy atom. The highest BCUT2D eigenvalue weighted by Gasteiger charge is 2.20. The molecular weight excluding hydrogens is 322 g/mol. The number of carbonyl (C=O) groups excluding carboxylic acids is 2. The minimum Gasteiger partial charge on any atom is -0.394 e. The number of nitrogens with one attached hydrogen (secondary N) is 3. The van der Waals surface area contributed by atoms with Crippen LogP contribution < -0.4 is 10.6 Å². The lowest BCUT2D eigenvalue weighted by Gasteiger charge is -2.16. The first-order valence-corrected chi connectivity index (χ1v) is 7.71. The third kappa shape index (κ3) is 3.99. The van der Waals surface area contributed by atoms with Gasteiger partial charge in [0.2, 0.25) is 5.91 Å². The van der Waals surface area contributed by atoms with Gasteiger partial charge in [0, 0.05) is 12.1 Å². The lowest BCUT2D eigenvalue weighted by Crippen LogP contribution is -2.48. The Bertz CT molecular complexity index is 878. The SMILES string of the molecule is O=C(N[C@@H](CO)C(=O)NCc1ccccc1)c1ccc2n[nH]nc2c1. The van der Waals surface area contributed by atoms with Crippen molar-refractivity contribution in [3.8, 4) is 0 Å². The first-order valence-electron chi connectivity index (χ1n) is 7.71. The Morgan fingerprint density at radius 3 is 2.60 bits per heavy atom. The number of aliphatic hydroxyl groups excluding tert-OH is 1. The minimum atomic E-state index is -1.04. The van der Waals surface area contributed by atoms with Crippen LogP contribution >= 0.6 is 0 Å². The van der Waals surface area contributed by atoms with E-state index in [4.69, 9.17) is 0 Å². The number of hydrogen-bond donors (Lipinski definition) is 4. The van der Waals surface area contributed by atoms with Crippen LogP contribution in [0, 0.1) is 0 Å². The molecule has 0 unspecified atom stereocenters. The molecule has 1 atom stereocenters. The summed E-state index contributed by atoms with van der Waals surface area (Å²) in [7, 11) is 0. The molecule has 0 aliphatic heterocycles. The van der Waals surface area contributed by atoms with E-state index in [1.807, 2.05) is 30.3 Å². The average Bonchev–Trinajstić information content (AvgIpc) is 3.12. The molecule has 0 aliphatic rings. The molecule has 3 aromatic rings. The van der Waals surface area contributed by atoms with Gasteiger partial charge in [-0.1, -0.05) is 30.3 Å². The molecule has 3 rings (SSSR count). The van der Waals surface area contributed by atoms with Crippen molar-refractivity contribution in [3.63, 3.8) is 0 Å². The van der Waals surface area contributed by atoms with Crippen molar-refractivity contribution < 1.29 is 14.7 Å². The maximum atomic E-state index is 12.3. The molecule has 1 heterocycles. The number of amides is 2. The van der Waals surface area contributed by atoms with E-state index in [1.165, 1.54) is 0 Å². The molecule has 0 radical (unpaired) electrons. The van der Waals surface area contributed by atoms with Crippen molar-refractivity contribution in [2.24, 2.45) is 0 Å². The van der Waals surface area contributed by atoms with Crippen molar-refractivity contribution in [1.82, 2.24) is 26.0 Å². The second kappa shape index (κ2) is 7.54. The number of aliphatic hydroxyl groups is 1. The number of aromatic amines is 1. The Hall–Kier alpha value is -3.26. The van der Waals surface area contributed by atoms with Gasteiger partial charge in [0.1, 0.15) is 17.1 Å². The second-order valence-corrected chi connectivity index (χ2v) is 5.44. The first kappa shape index (κ1) is 16.6. The Kier molecular flexibility index (Phi) is 5.00. The van der Waals surface area contributed by atoms with Crippen LogP contribution in [-0.4, -0.2) is 45.0 Å². The number of hydrogen-bond acceptors (Lipinski definition) is 5. The predicted octanol–water partition coefficient (Wildman–Crippen LogP) is 0.365. The van der Waals surface area contributed by atoms with Gasteiger partial charge in [-0.2, -0.15) is 15.4 Å². The fourth-order valence-electron chi connectivity index (χ4n) is 2.33. The van der Waals surface area contributed by atoms with Crippen LogP contribution in [-0.2, 0) is 11.3 Å². The number of H-pyrrole nitrogens is 1. The summed E-state index contributed by atoms with van der Waals surface area (Å²) in [6.45, 7) is -0.185. The van der Waals surface area contributed by atoms with E-state index in [1.54, 1.807) is 18.2 Å². The molecule has 0 spiro atoms. The average molecular weight is 339 g/mol. The molecule has 0 fully saturated rings. The molecule has 1 aromatic heterocycles. The molecule has 0 aliphatic carbocycles. The third-order valence-electron chi connectivity index (χ3n) is 3.69. The smallest absolute Gasteiger partial charge is 0.252 e. The highest BCUT2D eigenvalue weighted by Crippen LogP contribution is 2.10. The van der Waals surface area contributed by atoms with E-state index in [0.29, 0.717) is 23.1 Å². The van der Waals surface area contributed by atoms with Gasteiger partial charge in [-0.05, 0) is 23.8 Å². The van der Waals surface area contributed by atoms with Crippen LogP contribution in [0.2, 0.25) is 0 Å². The topological polar surface area (TPSA) is 120 Å². The summed E-state index contributed by atoms with van der Waals surface area (Å²) < 4.78 is 0. The fraction of sp³-hybridized carbons (Fsp3) is 0.176. The summed E-state index contributed by atoms with van der Waals surface area (Å²) in [6.07, 6.45) is 0. The standard InChI is InChI=1S/C17H17N5O3/c23-10-15(17(25)18-9-11-4-2-1-3-5-11)19-16(24)12-6-7-13-14(8-12)21-22-20-13/h1-8,15,23H,9-10H2,(H,18,25)(H,19,24)(H,20,21,22)/t15-/m0/s1. The lowest BCUT2D eigenvalue weighted by molar-refractivity contribution is -0.124. The Morgan fingerprint density at radius 1 is 1.08 bits per heavy atom. The Labute approximate surface area is 143 Å². The van der Waals surface area contributed by atoms with Gasteiger partial charge in [-0.3, -0.25) is 9.59 Å². The lowest BCUT2D eigenvalue weighted by atomic mass is 10.1. The zero-order valence-corrected chi connectivity index (χ0v) is 13.3. The molecule has 0 saturated carbocycles. The fourth-order valence-corrected chi connectivity index (χ4v) is 2.33. The van der Waals surface area contributed by atoms with Crippen LogP contribution in [0.1, 0.15) is 15.9 Å². The van der Waals surface area contributed by atoms with E-state index in [-0.39, 0.29) is 0 Å². The van der Waals surface area contributed by atoms with Gasteiger partial charge in [0.05, 0.1) is 6.61 Å². The van der Waals surface area contributed by atoms with Crippen molar-refractivity contribution in [1.29, 1.82) is 0 Å². The van der Waals surface area contributed by atoms with Gasteiger partial charge in [0.25, 0.3) is 5.91 Å². The zero-order valence-electron chi connectivity index (χ0n) is 13.3. The molecule has 25 heavy (non-hydrogen) atoms. The van der Waals surface area contributed by atoms with Crippen LogP contribution in [0.5, 0.6) is 0 Å². The number of fused-ring (bicyclic) bond motifs is 1. The maximum absolute atomic E-state index is 12.3. The molecule has 2 amide bonds. The molecule has 4 N–H and O–H groups in total. The number of carbonyl (C=O) groups is 2. The Balaban J connectivity index is 1.62. The van der Waals surface area contributed by atoms with E-state index in [9.17, 15) is 14.7 Å². The molecule has 128 valence electrons. The minimum absolute atomic E-state index is 0.316. The molecule has 8 heteroatoms. The van der Waals surface area contributed by atoms with E-state index < -0.39 is 24.5 Å². The van der Waals surface area contributed by atoms with Crippen molar-refractivity contribution in [3.05, 3.63) is 59.7 Å². The number of nitrogens with zero attached hydrogens (tertiary/aromatic N) is 2. The maximum Gasteiger partial charge on any atom is 0.252 e. The van der Waals surface area contributed by atoms with Crippen LogP contribution in [0.3, 0.4) is 0 Å². The van der Waals surface area contributed by atoms with Crippen LogP contribution in [0.25, 0.3) is 11.0 Å².